The third-order valence-corrected chi connectivity index (χ3v) is 2.94. The Hall–Kier alpha value is -1.80. The number of nitrogens with two attached hydrogens (primary N) is 1. The van der Waals surface area contributed by atoms with Crippen LogP contribution in [0, 0.1) is 0 Å². The molecule has 0 radical (unpaired) electrons. The largest absolute Gasteiger partial charge is 0.508 e. The molecule has 2 aromatic carbocycles. The molecule has 3 N–H and O–H groups in total. The van der Waals surface area contributed by atoms with E-state index in [2.05, 4.69) is 12.1 Å². The van der Waals surface area contributed by atoms with Gasteiger partial charge in [-0.15, -0.1) is 0 Å². The zero-order valence-electron chi connectivity index (χ0n) is 9.93. The molecule has 2 heteroatoms. The first-order chi connectivity index (χ1) is 8.08. The number of rotatable bonds is 3. The zero-order valence-corrected chi connectivity index (χ0v) is 9.93. The summed E-state index contributed by atoms with van der Waals surface area (Å²) in [5.74, 6) is 0.268. The Balaban J connectivity index is 2.21. The Kier molecular flexibility index (Phi) is 3.16. The first-order valence-electron chi connectivity index (χ1n) is 5.70. The van der Waals surface area contributed by atoms with Crippen molar-refractivity contribution in [2.75, 3.05) is 0 Å². The highest BCUT2D eigenvalue weighted by molar-refractivity contribution is 5.32. The van der Waals surface area contributed by atoms with Gasteiger partial charge in [-0.05, 0) is 36.6 Å². The minimum Gasteiger partial charge on any atom is -0.508 e. The molecule has 2 aromatic rings. The zero-order chi connectivity index (χ0) is 12.3. The van der Waals surface area contributed by atoms with Crippen molar-refractivity contribution in [1.29, 1.82) is 0 Å². The lowest BCUT2D eigenvalue weighted by Crippen LogP contribution is -2.35. The summed E-state index contributed by atoms with van der Waals surface area (Å²) >= 11 is 0. The number of phenols is 1. The Morgan fingerprint density at radius 1 is 1.00 bits per heavy atom. The van der Waals surface area contributed by atoms with Crippen molar-refractivity contribution in [2.45, 2.75) is 18.9 Å². The molecule has 0 fully saturated rings. The Labute approximate surface area is 102 Å². The van der Waals surface area contributed by atoms with E-state index in [1.54, 1.807) is 12.1 Å². The van der Waals surface area contributed by atoms with Crippen LogP contribution in [0.25, 0.3) is 0 Å². The van der Waals surface area contributed by atoms with Crippen LogP contribution >= 0.6 is 0 Å². The first kappa shape index (κ1) is 11.7. The van der Waals surface area contributed by atoms with E-state index in [0.717, 1.165) is 12.0 Å². The summed E-state index contributed by atoms with van der Waals surface area (Å²) in [4.78, 5) is 0. The van der Waals surface area contributed by atoms with Crippen molar-refractivity contribution >= 4 is 0 Å². The molecule has 17 heavy (non-hydrogen) atoms. The van der Waals surface area contributed by atoms with Gasteiger partial charge in [-0.25, -0.2) is 0 Å². The molecule has 0 saturated carbocycles. The molecule has 88 valence electrons. The van der Waals surface area contributed by atoms with E-state index in [-0.39, 0.29) is 5.75 Å². The van der Waals surface area contributed by atoms with E-state index in [9.17, 15) is 5.11 Å². The monoisotopic (exact) mass is 227 g/mol. The van der Waals surface area contributed by atoms with Gasteiger partial charge in [-0.1, -0.05) is 42.5 Å². The van der Waals surface area contributed by atoms with Gasteiger partial charge in [0.1, 0.15) is 5.75 Å². The summed E-state index contributed by atoms with van der Waals surface area (Å²) in [7, 11) is 0. The lowest BCUT2D eigenvalue weighted by molar-refractivity contribution is 0.469. The van der Waals surface area contributed by atoms with E-state index >= 15 is 0 Å². The summed E-state index contributed by atoms with van der Waals surface area (Å²) in [5.41, 5.74) is 8.16. The van der Waals surface area contributed by atoms with Crippen molar-refractivity contribution < 1.29 is 5.11 Å². The Bertz CT molecular complexity index is 474. The smallest absolute Gasteiger partial charge is 0.115 e. The van der Waals surface area contributed by atoms with E-state index in [1.807, 2.05) is 37.3 Å². The van der Waals surface area contributed by atoms with E-state index in [0.29, 0.717) is 0 Å². The van der Waals surface area contributed by atoms with Crippen LogP contribution in [-0.2, 0) is 12.0 Å². The standard InChI is InChI=1S/C15H17NO/c1-15(16,11-12-5-3-2-4-6-12)13-7-9-14(17)10-8-13/h2-10,17H,11,16H2,1H3. The molecule has 0 amide bonds. The van der Waals surface area contributed by atoms with Crippen LogP contribution in [-0.4, -0.2) is 5.11 Å². The lowest BCUT2D eigenvalue weighted by atomic mass is 9.86. The van der Waals surface area contributed by atoms with Crippen LogP contribution in [0.3, 0.4) is 0 Å². The second-order valence-corrected chi connectivity index (χ2v) is 4.63. The van der Waals surface area contributed by atoms with Gasteiger partial charge in [0.2, 0.25) is 0 Å². The second-order valence-electron chi connectivity index (χ2n) is 4.63. The minimum atomic E-state index is -0.422. The minimum absolute atomic E-state index is 0.268. The lowest BCUT2D eigenvalue weighted by Gasteiger charge is -2.25. The third kappa shape index (κ3) is 2.86. The summed E-state index contributed by atoms with van der Waals surface area (Å²) < 4.78 is 0. The van der Waals surface area contributed by atoms with Crippen molar-refractivity contribution in [1.82, 2.24) is 0 Å². The Morgan fingerprint density at radius 3 is 2.18 bits per heavy atom. The van der Waals surface area contributed by atoms with Crippen LogP contribution in [0.2, 0.25) is 0 Å². The SMILES string of the molecule is CC(N)(Cc1ccccc1)c1ccc(O)cc1. The van der Waals surface area contributed by atoms with E-state index in [4.69, 9.17) is 5.73 Å². The maximum Gasteiger partial charge on any atom is 0.115 e. The molecule has 0 saturated heterocycles. The Morgan fingerprint density at radius 2 is 1.59 bits per heavy atom. The van der Waals surface area contributed by atoms with E-state index < -0.39 is 5.54 Å². The fourth-order valence-electron chi connectivity index (χ4n) is 1.96. The predicted octanol–water partition coefficient (Wildman–Crippen LogP) is 2.81. The van der Waals surface area contributed by atoms with Gasteiger partial charge >= 0.3 is 0 Å². The van der Waals surface area contributed by atoms with Gasteiger partial charge < -0.3 is 10.8 Å². The summed E-state index contributed by atoms with van der Waals surface area (Å²) in [6, 6.07) is 17.3. The molecule has 0 aromatic heterocycles. The van der Waals surface area contributed by atoms with Crippen molar-refractivity contribution in [3.63, 3.8) is 0 Å². The van der Waals surface area contributed by atoms with Gasteiger partial charge in [0.05, 0.1) is 0 Å². The highest BCUT2D eigenvalue weighted by Gasteiger charge is 2.21. The molecule has 1 atom stereocenters. The average molecular weight is 227 g/mol. The summed E-state index contributed by atoms with van der Waals surface area (Å²) in [6.07, 6.45) is 0.776. The van der Waals surface area contributed by atoms with E-state index in [1.165, 1.54) is 5.56 Å². The maximum atomic E-state index is 9.27. The number of hydrogen-bond acceptors (Lipinski definition) is 2. The molecule has 0 bridgehead atoms. The van der Waals surface area contributed by atoms with Crippen LogP contribution in [0.4, 0.5) is 0 Å². The van der Waals surface area contributed by atoms with Gasteiger partial charge in [-0.2, -0.15) is 0 Å². The van der Waals surface area contributed by atoms with Crippen LogP contribution in [0.15, 0.2) is 54.6 Å². The normalized spacial score (nSPS) is 14.2. The van der Waals surface area contributed by atoms with Gasteiger partial charge in [0, 0.05) is 5.54 Å². The summed E-state index contributed by atoms with van der Waals surface area (Å²) in [6.45, 7) is 2.01. The predicted molar refractivity (Wildman–Crippen MR) is 69.8 cm³/mol. The maximum absolute atomic E-state index is 9.27. The second kappa shape index (κ2) is 4.60. The number of aromatic hydroxyl groups is 1. The molecule has 0 heterocycles. The molecule has 0 aliphatic heterocycles. The molecular weight excluding hydrogens is 210 g/mol. The van der Waals surface area contributed by atoms with Crippen LogP contribution in [0.5, 0.6) is 5.75 Å². The molecule has 2 rings (SSSR count). The van der Waals surface area contributed by atoms with Gasteiger partial charge in [0.15, 0.2) is 0 Å². The highest BCUT2D eigenvalue weighted by Crippen LogP contribution is 2.24. The van der Waals surface area contributed by atoms with Crippen molar-refractivity contribution in [3.05, 3.63) is 65.7 Å². The van der Waals surface area contributed by atoms with Crippen LogP contribution < -0.4 is 5.73 Å². The molecule has 0 aliphatic rings. The molecule has 0 spiro atoms. The van der Waals surface area contributed by atoms with Crippen molar-refractivity contribution in [3.8, 4) is 5.75 Å². The highest BCUT2D eigenvalue weighted by atomic mass is 16.3. The van der Waals surface area contributed by atoms with Gasteiger partial charge in [-0.3, -0.25) is 0 Å². The average Bonchev–Trinajstić information content (AvgIpc) is 2.30. The molecule has 0 aliphatic carbocycles. The van der Waals surface area contributed by atoms with Crippen LogP contribution in [0.1, 0.15) is 18.1 Å². The quantitative estimate of drug-likeness (QED) is 0.847. The summed E-state index contributed by atoms with van der Waals surface area (Å²) in [5, 5.41) is 9.27. The molecule has 2 nitrogen and oxygen atoms in total. The first-order valence-corrected chi connectivity index (χ1v) is 5.70. The number of benzene rings is 2. The fraction of sp³-hybridized carbons (Fsp3) is 0.200. The number of phenolic OH excluding ortho intramolecular Hbond substituents is 1. The fourth-order valence-corrected chi connectivity index (χ4v) is 1.96. The molecule has 1 unspecified atom stereocenters. The molecular formula is C15H17NO. The topological polar surface area (TPSA) is 46.2 Å². The third-order valence-electron chi connectivity index (χ3n) is 2.94. The van der Waals surface area contributed by atoms with Gasteiger partial charge in [0.25, 0.3) is 0 Å². The number of hydrogen-bond donors (Lipinski definition) is 2. The van der Waals surface area contributed by atoms with Crippen molar-refractivity contribution in [2.24, 2.45) is 5.73 Å².